The van der Waals surface area contributed by atoms with E-state index < -0.39 is 0 Å². The molecule has 6 nitrogen and oxygen atoms in total. The second-order valence-corrected chi connectivity index (χ2v) is 9.40. The lowest BCUT2D eigenvalue weighted by Gasteiger charge is -2.13. The van der Waals surface area contributed by atoms with Crippen LogP contribution in [0.3, 0.4) is 0 Å². The molecule has 0 atom stereocenters. The molecule has 2 amide bonds. The maximum Gasteiger partial charge on any atom is 0.266 e. The molecule has 152 valence electrons. The van der Waals surface area contributed by atoms with Crippen molar-refractivity contribution >= 4 is 74.3 Å². The SMILES string of the molecule is CCCCc1nnc(NC(=O)CCN2C(=O)/C(=C\c3ccccc3Cl)SC2=S)s1. The number of aryl methyl sites for hydroxylation is 1. The largest absolute Gasteiger partial charge is 0.300 e. The van der Waals surface area contributed by atoms with Gasteiger partial charge in [0.15, 0.2) is 0 Å². The summed E-state index contributed by atoms with van der Waals surface area (Å²) in [4.78, 5) is 26.8. The average molecular weight is 467 g/mol. The average Bonchev–Trinajstić information content (AvgIpc) is 3.24. The van der Waals surface area contributed by atoms with Crippen molar-refractivity contribution in [2.24, 2.45) is 0 Å². The molecular weight excluding hydrogens is 448 g/mol. The molecule has 0 aliphatic carbocycles. The van der Waals surface area contributed by atoms with Crippen LogP contribution in [0.2, 0.25) is 5.02 Å². The van der Waals surface area contributed by atoms with Crippen LogP contribution in [0.1, 0.15) is 36.8 Å². The van der Waals surface area contributed by atoms with Crippen molar-refractivity contribution in [2.75, 3.05) is 11.9 Å². The highest BCUT2D eigenvalue weighted by molar-refractivity contribution is 8.26. The highest BCUT2D eigenvalue weighted by Gasteiger charge is 2.32. The molecule has 1 fully saturated rings. The molecule has 0 bridgehead atoms. The summed E-state index contributed by atoms with van der Waals surface area (Å²) in [6, 6.07) is 7.27. The van der Waals surface area contributed by atoms with E-state index in [-0.39, 0.29) is 24.8 Å². The number of hydrogen-bond acceptors (Lipinski definition) is 7. The molecule has 1 aliphatic heterocycles. The Morgan fingerprint density at radius 2 is 2.14 bits per heavy atom. The fourth-order valence-electron chi connectivity index (χ4n) is 2.55. The summed E-state index contributed by atoms with van der Waals surface area (Å²) >= 11 is 14.1. The van der Waals surface area contributed by atoms with Crippen molar-refractivity contribution < 1.29 is 9.59 Å². The van der Waals surface area contributed by atoms with Gasteiger partial charge in [0, 0.05) is 24.4 Å². The Balaban J connectivity index is 1.55. The number of nitrogens with zero attached hydrogens (tertiary/aromatic N) is 3. The Morgan fingerprint density at radius 3 is 2.90 bits per heavy atom. The van der Waals surface area contributed by atoms with Gasteiger partial charge < -0.3 is 5.32 Å². The number of carbonyl (C=O) groups excluding carboxylic acids is 2. The van der Waals surface area contributed by atoms with Gasteiger partial charge in [0.05, 0.1) is 4.91 Å². The number of unbranched alkanes of at least 4 members (excludes halogenated alkanes) is 1. The number of rotatable bonds is 8. The number of halogens is 1. The molecule has 0 saturated carbocycles. The van der Waals surface area contributed by atoms with Gasteiger partial charge in [-0.1, -0.05) is 78.5 Å². The van der Waals surface area contributed by atoms with E-state index >= 15 is 0 Å². The molecule has 0 radical (unpaired) electrons. The summed E-state index contributed by atoms with van der Waals surface area (Å²) < 4.78 is 0.430. The van der Waals surface area contributed by atoms with E-state index in [2.05, 4.69) is 22.4 Å². The van der Waals surface area contributed by atoms with E-state index in [1.165, 1.54) is 28.0 Å². The fourth-order valence-corrected chi connectivity index (χ4v) is 4.84. The van der Waals surface area contributed by atoms with Gasteiger partial charge in [-0.3, -0.25) is 14.5 Å². The maximum atomic E-state index is 12.7. The van der Waals surface area contributed by atoms with Crippen molar-refractivity contribution in [3.63, 3.8) is 0 Å². The molecule has 29 heavy (non-hydrogen) atoms. The van der Waals surface area contributed by atoms with Gasteiger partial charge in [0.25, 0.3) is 5.91 Å². The smallest absolute Gasteiger partial charge is 0.266 e. The predicted molar refractivity (Wildman–Crippen MR) is 123 cm³/mol. The second kappa shape index (κ2) is 10.3. The van der Waals surface area contributed by atoms with Crippen LogP contribution in [0, 0.1) is 0 Å². The minimum atomic E-state index is -0.229. The van der Waals surface area contributed by atoms with Crippen LogP contribution in [-0.2, 0) is 16.0 Å². The van der Waals surface area contributed by atoms with E-state index in [9.17, 15) is 9.59 Å². The topological polar surface area (TPSA) is 75.2 Å². The van der Waals surface area contributed by atoms with Gasteiger partial charge in [-0.25, -0.2) is 0 Å². The van der Waals surface area contributed by atoms with Gasteiger partial charge in [-0.2, -0.15) is 0 Å². The minimum absolute atomic E-state index is 0.121. The maximum absolute atomic E-state index is 12.7. The van der Waals surface area contributed by atoms with E-state index in [0.29, 0.717) is 19.4 Å². The molecule has 2 heterocycles. The number of amides is 2. The number of hydrogen-bond donors (Lipinski definition) is 1. The Kier molecular flexibility index (Phi) is 7.77. The van der Waals surface area contributed by atoms with Crippen LogP contribution >= 0.6 is 46.9 Å². The van der Waals surface area contributed by atoms with Gasteiger partial charge in [-0.15, -0.1) is 10.2 Å². The van der Waals surface area contributed by atoms with Crippen LogP contribution in [0.15, 0.2) is 29.2 Å². The van der Waals surface area contributed by atoms with Gasteiger partial charge >= 0.3 is 0 Å². The molecule has 10 heteroatoms. The molecule has 3 rings (SSSR count). The van der Waals surface area contributed by atoms with Gasteiger partial charge in [0.1, 0.15) is 9.33 Å². The Labute approximate surface area is 187 Å². The highest BCUT2D eigenvalue weighted by atomic mass is 35.5. The first-order valence-corrected chi connectivity index (χ1v) is 11.5. The standard InChI is InChI=1S/C19H19ClN4O2S3/c1-2-3-8-16-22-23-18(29-16)21-15(25)9-10-24-17(26)14(28-19(24)27)11-12-6-4-5-7-13(12)20/h4-7,11H,2-3,8-10H2,1H3,(H,21,23,25)/b14-11+. The van der Waals surface area contributed by atoms with Gasteiger partial charge in [0.2, 0.25) is 11.0 Å². The number of thiocarbonyl (C=S) groups is 1. The van der Waals surface area contributed by atoms with Gasteiger partial charge in [-0.05, 0) is 24.1 Å². The quantitative estimate of drug-likeness (QED) is 0.446. The summed E-state index contributed by atoms with van der Waals surface area (Å²) in [6.07, 6.45) is 4.82. The van der Waals surface area contributed by atoms with Crippen molar-refractivity contribution in [1.29, 1.82) is 0 Å². The van der Waals surface area contributed by atoms with Crippen molar-refractivity contribution in [3.05, 3.63) is 44.8 Å². The Bertz CT molecular complexity index is 960. The third kappa shape index (κ3) is 5.85. The predicted octanol–water partition coefficient (Wildman–Crippen LogP) is 4.76. The first-order valence-electron chi connectivity index (χ1n) is 9.10. The normalized spacial score (nSPS) is 15.4. The van der Waals surface area contributed by atoms with Crippen molar-refractivity contribution in [3.8, 4) is 0 Å². The number of nitrogens with one attached hydrogen (secondary N) is 1. The van der Waals surface area contributed by atoms with Crippen LogP contribution in [0.5, 0.6) is 0 Å². The molecule has 1 aliphatic rings. The first-order chi connectivity index (χ1) is 14.0. The lowest BCUT2D eigenvalue weighted by atomic mass is 10.2. The monoisotopic (exact) mass is 466 g/mol. The highest BCUT2D eigenvalue weighted by Crippen LogP contribution is 2.33. The summed E-state index contributed by atoms with van der Waals surface area (Å²) in [6.45, 7) is 2.32. The molecule has 1 aromatic heterocycles. The van der Waals surface area contributed by atoms with E-state index in [4.69, 9.17) is 23.8 Å². The number of anilines is 1. The molecule has 1 N–H and O–H groups in total. The minimum Gasteiger partial charge on any atom is -0.300 e. The second-order valence-electron chi connectivity index (χ2n) is 6.26. The lowest BCUT2D eigenvalue weighted by Crippen LogP contribution is -2.31. The zero-order valence-corrected chi connectivity index (χ0v) is 18.9. The first kappa shape index (κ1) is 21.9. The zero-order valence-electron chi connectivity index (χ0n) is 15.7. The third-order valence-corrected chi connectivity index (χ3v) is 6.71. The molecule has 1 aromatic carbocycles. The number of benzene rings is 1. The van der Waals surface area contributed by atoms with Crippen molar-refractivity contribution in [1.82, 2.24) is 15.1 Å². The number of thioether (sulfide) groups is 1. The van der Waals surface area contributed by atoms with Crippen LogP contribution < -0.4 is 5.32 Å². The van der Waals surface area contributed by atoms with E-state index in [1.54, 1.807) is 12.1 Å². The summed E-state index contributed by atoms with van der Waals surface area (Å²) in [7, 11) is 0. The molecule has 1 saturated heterocycles. The summed E-state index contributed by atoms with van der Waals surface area (Å²) in [5, 5.41) is 12.7. The summed E-state index contributed by atoms with van der Waals surface area (Å²) in [5.41, 5.74) is 0.752. The van der Waals surface area contributed by atoms with Crippen LogP contribution in [0.4, 0.5) is 5.13 Å². The Hall–Kier alpha value is -1.81. The van der Waals surface area contributed by atoms with Crippen molar-refractivity contribution in [2.45, 2.75) is 32.6 Å². The third-order valence-electron chi connectivity index (χ3n) is 4.09. The Morgan fingerprint density at radius 1 is 1.34 bits per heavy atom. The fraction of sp³-hybridized carbons (Fsp3) is 0.316. The number of carbonyl (C=O) groups is 2. The number of aromatic nitrogens is 2. The molecular formula is C19H19ClN4O2S3. The lowest BCUT2D eigenvalue weighted by molar-refractivity contribution is -0.122. The van der Waals surface area contributed by atoms with Crippen LogP contribution in [-0.4, -0.2) is 37.8 Å². The molecule has 2 aromatic rings. The molecule has 0 unspecified atom stereocenters. The van der Waals surface area contributed by atoms with Crippen LogP contribution in [0.25, 0.3) is 6.08 Å². The molecule has 0 spiro atoms. The van der Waals surface area contributed by atoms with E-state index in [1.807, 2.05) is 18.2 Å². The summed E-state index contributed by atoms with van der Waals surface area (Å²) in [5.74, 6) is -0.446. The zero-order chi connectivity index (χ0) is 20.8. The van der Waals surface area contributed by atoms with E-state index in [0.717, 1.165) is 29.8 Å².